The molecule has 2 heterocycles. The van der Waals surface area contributed by atoms with Gasteiger partial charge in [-0.1, -0.05) is 18.2 Å². The lowest BCUT2D eigenvalue weighted by molar-refractivity contribution is 0.0699. The zero-order chi connectivity index (χ0) is 20.7. The van der Waals surface area contributed by atoms with E-state index in [4.69, 9.17) is 9.72 Å². The third-order valence-electron chi connectivity index (χ3n) is 4.93. The number of pyridine rings is 1. The Morgan fingerprint density at radius 2 is 1.67 bits per heavy atom. The second kappa shape index (κ2) is 6.97. The van der Waals surface area contributed by atoms with Crippen LogP contribution in [0.3, 0.4) is 0 Å². The van der Waals surface area contributed by atoms with Gasteiger partial charge in [-0.3, -0.25) is 0 Å². The molecule has 0 saturated heterocycles. The number of para-hydroxylation sites is 1. The van der Waals surface area contributed by atoms with Gasteiger partial charge < -0.3 is 9.84 Å². The molecular weight excluding hydrogens is 380 g/mol. The molecule has 3 aromatic carbocycles. The van der Waals surface area contributed by atoms with E-state index in [2.05, 4.69) is 10.2 Å². The van der Waals surface area contributed by atoms with Gasteiger partial charge in [-0.05, 0) is 54.6 Å². The summed E-state index contributed by atoms with van der Waals surface area (Å²) in [5, 5.41) is 19.5. The molecule has 0 aliphatic heterocycles. The summed E-state index contributed by atoms with van der Waals surface area (Å²) in [6.45, 7) is 0. The van der Waals surface area contributed by atoms with Crippen molar-refractivity contribution in [2.45, 2.75) is 0 Å². The molecule has 7 heteroatoms. The van der Waals surface area contributed by atoms with E-state index in [0.717, 1.165) is 17.0 Å². The molecule has 146 valence electrons. The molecule has 0 aliphatic carbocycles. The second-order valence-electron chi connectivity index (χ2n) is 6.74. The van der Waals surface area contributed by atoms with Gasteiger partial charge in [0.2, 0.25) is 0 Å². The predicted octanol–water partition coefficient (Wildman–Crippen LogP) is 4.34. The molecule has 0 amide bonds. The molecular formula is C23H16N4O3. The van der Waals surface area contributed by atoms with Crippen molar-refractivity contribution >= 4 is 27.9 Å². The molecule has 0 saturated carbocycles. The van der Waals surface area contributed by atoms with Crippen LogP contribution < -0.4 is 4.74 Å². The Kier molecular flexibility index (Phi) is 4.14. The maximum absolute atomic E-state index is 12.1. The average Bonchev–Trinajstić information content (AvgIpc) is 3.23. The largest absolute Gasteiger partial charge is 0.497 e. The highest BCUT2D eigenvalue weighted by Crippen LogP contribution is 2.30. The summed E-state index contributed by atoms with van der Waals surface area (Å²) >= 11 is 0. The molecule has 0 bridgehead atoms. The van der Waals surface area contributed by atoms with E-state index in [9.17, 15) is 9.90 Å². The Morgan fingerprint density at radius 1 is 0.933 bits per heavy atom. The summed E-state index contributed by atoms with van der Waals surface area (Å²) in [5.74, 6) is -0.323. The number of nitrogens with zero attached hydrogens (tertiary/aromatic N) is 4. The number of rotatable bonds is 4. The van der Waals surface area contributed by atoms with Crippen molar-refractivity contribution in [3.05, 3.63) is 78.4 Å². The van der Waals surface area contributed by atoms with Crippen molar-refractivity contribution in [1.29, 1.82) is 0 Å². The van der Waals surface area contributed by atoms with E-state index in [0.29, 0.717) is 27.6 Å². The van der Waals surface area contributed by atoms with E-state index in [1.807, 2.05) is 54.6 Å². The molecule has 0 unspecified atom stereocenters. The fraction of sp³-hybridized carbons (Fsp3) is 0.0435. The zero-order valence-electron chi connectivity index (χ0n) is 16.0. The van der Waals surface area contributed by atoms with Crippen LogP contribution in [0.15, 0.2) is 72.8 Å². The van der Waals surface area contributed by atoms with Gasteiger partial charge in [0.1, 0.15) is 16.8 Å². The molecule has 0 spiro atoms. The Bertz CT molecular complexity index is 1390. The molecule has 30 heavy (non-hydrogen) atoms. The fourth-order valence-corrected chi connectivity index (χ4v) is 3.46. The molecule has 2 aromatic heterocycles. The van der Waals surface area contributed by atoms with Gasteiger partial charge in [0.15, 0.2) is 0 Å². The molecule has 5 rings (SSSR count). The standard InChI is InChI=1S/C23H16N4O3/c1-30-16-9-7-14(8-10-16)20-13-17(23(28)29)21-18(24-20)11-12-19-22(21)26-27(25-19)15-5-3-2-4-6-15/h2-13H,1H3,(H,28,29). The highest BCUT2D eigenvalue weighted by Gasteiger charge is 2.18. The monoisotopic (exact) mass is 396 g/mol. The van der Waals surface area contributed by atoms with Crippen molar-refractivity contribution in [2.75, 3.05) is 7.11 Å². The number of carboxylic acid groups (broad SMARTS) is 1. The van der Waals surface area contributed by atoms with Gasteiger partial charge in [-0.2, -0.15) is 4.80 Å². The first kappa shape index (κ1) is 17.8. The van der Waals surface area contributed by atoms with Crippen molar-refractivity contribution in [2.24, 2.45) is 0 Å². The molecule has 1 N–H and O–H groups in total. The maximum atomic E-state index is 12.1. The van der Waals surface area contributed by atoms with Gasteiger partial charge in [-0.25, -0.2) is 9.78 Å². The molecule has 0 aliphatic rings. The summed E-state index contributed by atoms with van der Waals surface area (Å²) in [7, 11) is 1.60. The Labute approximate surface area is 171 Å². The third kappa shape index (κ3) is 2.93. The number of methoxy groups -OCH3 is 1. The van der Waals surface area contributed by atoms with Gasteiger partial charge in [0, 0.05) is 10.9 Å². The number of aromatic nitrogens is 4. The third-order valence-corrected chi connectivity index (χ3v) is 4.93. The van der Waals surface area contributed by atoms with E-state index in [1.165, 1.54) is 4.80 Å². The fourth-order valence-electron chi connectivity index (χ4n) is 3.46. The van der Waals surface area contributed by atoms with Crippen molar-refractivity contribution < 1.29 is 14.6 Å². The van der Waals surface area contributed by atoms with Gasteiger partial charge in [-0.15, -0.1) is 10.2 Å². The van der Waals surface area contributed by atoms with Crippen LogP contribution >= 0.6 is 0 Å². The van der Waals surface area contributed by atoms with Crippen LogP contribution in [0, 0.1) is 0 Å². The van der Waals surface area contributed by atoms with Crippen LogP contribution in [0.25, 0.3) is 38.9 Å². The minimum atomic E-state index is -1.04. The average molecular weight is 396 g/mol. The summed E-state index contributed by atoms with van der Waals surface area (Å²) in [6, 6.07) is 22.0. The van der Waals surface area contributed by atoms with Crippen molar-refractivity contribution in [1.82, 2.24) is 20.0 Å². The number of hydrogen-bond acceptors (Lipinski definition) is 5. The normalized spacial score (nSPS) is 11.1. The van der Waals surface area contributed by atoms with E-state index < -0.39 is 5.97 Å². The smallest absolute Gasteiger partial charge is 0.336 e. The minimum absolute atomic E-state index is 0.136. The zero-order valence-corrected chi connectivity index (χ0v) is 16.0. The number of ether oxygens (including phenoxy) is 1. The minimum Gasteiger partial charge on any atom is -0.497 e. The highest BCUT2D eigenvalue weighted by atomic mass is 16.5. The Hall–Kier alpha value is -4.26. The van der Waals surface area contributed by atoms with E-state index >= 15 is 0 Å². The van der Waals surface area contributed by atoms with Crippen LogP contribution in [-0.2, 0) is 0 Å². The highest BCUT2D eigenvalue weighted by molar-refractivity contribution is 6.13. The van der Waals surface area contributed by atoms with E-state index in [1.54, 1.807) is 25.3 Å². The van der Waals surface area contributed by atoms with Crippen LogP contribution in [-0.4, -0.2) is 38.2 Å². The number of fused-ring (bicyclic) bond motifs is 3. The second-order valence-corrected chi connectivity index (χ2v) is 6.74. The van der Waals surface area contributed by atoms with E-state index in [-0.39, 0.29) is 5.56 Å². The number of carbonyl (C=O) groups is 1. The number of benzene rings is 3. The topological polar surface area (TPSA) is 90.1 Å². The number of carboxylic acids is 1. The lowest BCUT2D eigenvalue weighted by Crippen LogP contribution is -2.01. The van der Waals surface area contributed by atoms with Gasteiger partial charge in [0.25, 0.3) is 0 Å². The van der Waals surface area contributed by atoms with Crippen molar-refractivity contribution in [3.8, 4) is 22.7 Å². The summed E-state index contributed by atoms with van der Waals surface area (Å²) in [6.07, 6.45) is 0. The first-order valence-corrected chi connectivity index (χ1v) is 9.28. The van der Waals surface area contributed by atoms with Crippen molar-refractivity contribution in [3.63, 3.8) is 0 Å². The van der Waals surface area contributed by atoms with Crippen LogP contribution in [0.2, 0.25) is 0 Å². The maximum Gasteiger partial charge on any atom is 0.336 e. The Balaban J connectivity index is 1.74. The summed E-state index contributed by atoms with van der Waals surface area (Å²) in [4.78, 5) is 18.3. The SMILES string of the molecule is COc1ccc(-c2cc(C(=O)O)c3c(ccc4nn(-c5ccccc5)nc43)n2)cc1. The number of hydrogen-bond donors (Lipinski definition) is 1. The molecule has 0 radical (unpaired) electrons. The lowest BCUT2D eigenvalue weighted by Gasteiger charge is -2.08. The summed E-state index contributed by atoms with van der Waals surface area (Å²) < 4.78 is 5.19. The number of aromatic carboxylic acids is 1. The van der Waals surface area contributed by atoms with Crippen LogP contribution in [0.5, 0.6) is 5.75 Å². The first-order chi connectivity index (χ1) is 14.6. The van der Waals surface area contributed by atoms with Crippen LogP contribution in [0.1, 0.15) is 10.4 Å². The molecule has 0 fully saturated rings. The van der Waals surface area contributed by atoms with Crippen LogP contribution in [0.4, 0.5) is 0 Å². The predicted molar refractivity (Wildman–Crippen MR) is 113 cm³/mol. The summed E-state index contributed by atoms with van der Waals surface area (Å²) in [5.41, 5.74) is 3.95. The van der Waals surface area contributed by atoms with Gasteiger partial charge >= 0.3 is 5.97 Å². The molecule has 0 atom stereocenters. The lowest BCUT2D eigenvalue weighted by atomic mass is 10.0. The van der Waals surface area contributed by atoms with Gasteiger partial charge in [0.05, 0.1) is 29.6 Å². The first-order valence-electron chi connectivity index (χ1n) is 9.28. The Morgan fingerprint density at radius 3 is 2.37 bits per heavy atom. The molecule has 5 aromatic rings. The molecule has 7 nitrogen and oxygen atoms in total. The quantitative estimate of drug-likeness (QED) is 0.486.